The van der Waals surface area contributed by atoms with E-state index in [1.165, 1.54) is 12.3 Å². The Morgan fingerprint density at radius 3 is 2.50 bits per heavy atom. The summed E-state index contributed by atoms with van der Waals surface area (Å²) in [5.74, 6) is 0. The summed E-state index contributed by atoms with van der Waals surface area (Å²) in [6.45, 7) is -1.99. The predicted molar refractivity (Wildman–Crippen MR) is 117 cm³/mol. The molecule has 194 valence electrons. The summed E-state index contributed by atoms with van der Waals surface area (Å²) in [5.41, 5.74) is -3.21. The number of aliphatic hydroxyl groups is 1. The highest BCUT2D eigenvalue weighted by molar-refractivity contribution is 8.08. The minimum absolute atomic E-state index is 0.269. The van der Waals surface area contributed by atoms with Crippen LogP contribution in [0.15, 0.2) is 34.2 Å². The van der Waals surface area contributed by atoms with Gasteiger partial charge in [0.05, 0.1) is 19.0 Å². The largest absolute Gasteiger partial charge is 0.499 e. The lowest BCUT2D eigenvalue weighted by molar-refractivity contribution is -0.0854. The van der Waals surface area contributed by atoms with Gasteiger partial charge in [-0.05, 0) is 31.7 Å². The average molecular weight is 568 g/mol. The van der Waals surface area contributed by atoms with E-state index in [9.17, 15) is 33.6 Å². The van der Waals surface area contributed by atoms with Gasteiger partial charge in [0.25, 0.3) is 5.56 Å². The molecule has 5 unspecified atom stereocenters. The van der Waals surface area contributed by atoms with Crippen LogP contribution in [0.5, 0.6) is 0 Å². The van der Waals surface area contributed by atoms with Crippen LogP contribution in [0.1, 0.15) is 26.5 Å². The van der Waals surface area contributed by atoms with Gasteiger partial charge >= 0.3 is 28.1 Å². The van der Waals surface area contributed by atoms with Crippen molar-refractivity contribution in [3.05, 3.63) is 45.4 Å². The van der Waals surface area contributed by atoms with Crippen LogP contribution in [0, 0.1) is 0 Å². The molecule has 1 aromatic heterocycles. The molecule has 1 saturated heterocycles. The third-order valence-corrected chi connectivity index (χ3v) is 8.67. The summed E-state index contributed by atoms with van der Waals surface area (Å²) in [6, 6.07) is 1.02. The maximum atomic E-state index is 12.1. The van der Waals surface area contributed by atoms with Crippen molar-refractivity contribution in [1.29, 1.82) is 0 Å². The van der Waals surface area contributed by atoms with E-state index in [1.807, 2.05) is 4.98 Å². The normalized spacial score (nSPS) is 27.1. The molecule has 0 radical (unpaired) electrons. The van der Waals surface area contributed by atoms with E-state index >= 15 is 0 Å². The third-order valence-electron chi connectivity index (χ3n) is 3.98. The van der Waals surface area contributed by atoms with Gasteiger partial charge in [0.2, 0.25) is 0 Å². The number of nitrogens with zero attached hydrogens (tertiary/aromatic N) is 1. The third kappa shape index (κ3) is 8.88. The van der Waals surface area contributed by atoms with Crippen molar-refractivity contribution in [3.63, 3.8) is 0 Å². The lowest BCUT2D eigenvalue weighted by Crippen LogP contribution is -2.36. The second-order valence-corrected chi connectivity index (χ2v) is 13.0. The first kappa shape index (κ1) is 29.2. The molecule has 0 amide bonds. The molecule has 1 aromatic rings. The first-order valence-corrected chi connectivity index (χ1v) is 14.8. The summed E-state index contributed by atoms with van der Waals surface area (Å²) >= 11 is 4.60. The Morgan fingerprint density at radius 1 is 1.29 bits per heavy atom. The highest BCUT2D eigenvalue weighted by Gasteiger charge is 2.48. The van der Waals surface area contributed by atoms with E-state index in [-0.39, 0.29) is 12.5 Å². The van der Waals surface area contributed by atoms with Gasteiger partial charge in [0, 0.05) is 18.7 Å². The van der Waals surface area contributed by atoms with Crippen LogP contribution >= 0.6 is 22.4 Å². The molecule has 1 aliphatic rings. The minimum atomic E-state index is -5.54. The SMILES string of the molecule is CC(C)OC=CC1(COP(O)(=S)OP(=O)(O)OP(=O)(O)O)CC(O)C(n2ccc(=O)[nH]c2=O)O1. The number of ether oxygens (including phenoxy) is 2. The van der Waals surface area contributed by atoms with Crippen molar-refractivity contribution < 1.29 is 56.4 Å². The summed E-state index contributed by atoms with van der Waals surface area (Å²) in [5, 5.41) is 10.5. The van der Waals surface area contributed by atoms with Crippen molar-refractivity contribution in [3.8, 4) is 0 Å². The van der Waals surface area contributed by atoms with E-state index in [2.05, 4.69) is 20.4 Å². The molecular formula is C14H23N2O14P3S. The molecule has 0 aromatic carbocycles. The molecular weight excluding hydrogens is 545 g/mol. The molecule has 34 heavy (non-hydrogen) atoms. The zero-order valence-corrected chi connectivity index (χ0v) is 21.1. The number of phosphoric acid groups is 2. The van der Waals surface area contributed by atoms with E-state index in [1.54, 1.807) is 13.8 Å². The fourth-order valence-electron chi connectivity index (χ4n) is 2.75. The lowest BCUT2D eigenvalue weighted by atomic mass is 10.00. The molecule has 0 bridgehead atoms. The number of aromatic nitrogens is 2. The lowest BCUT2D eigenvalue weighted by Gasteiger charge is -2.28. The van der Waals surface area contributed by atoms with Crippen molar-refractivity contribution in [1.82, 2.24) is 9.55 Å². The standard InChI is InChI=1S/C14H23N2O14P3S/c1-9(2)26-6-4-14(8-27-33(25,34)30-32(23,24)29-31(20,21)22)7-10(17)12(28-14)16-5-3-11(18)15-13(16)19/h3-6,9-10,12,17H,7-8H2,1-2H3,(H,23,24)(H,25,34)(H,15,18,19)(H2,20,21,22). The second kappa shape index (κ2) is 10.9. The van der Waals surface area contributed by atoms with Crippen LogP contribution in [0.4, 0.5) is 0 Å². The Balaban J connectivity index is 2.27. The van der Waals surface area contributed by atoms with Gasteiger partial charge in [-0.2, -0.15) is 4.31 Å². The Hall–Kier alpha value is -1.03. The molecule has 1 aliphatic heterocycles. The van der Waals surface area contributed by atoms with E-state index in [0.29, 0.717) is 0 Å². The van der Waals surface area contributed by atoms with Gasteiger partial charge in [-0.3, -0.25) is 14.3 Å². The van der Waals surface area contributed by atoms with Gasteiger partial charge in [0.15, 0.2) is 6.23 Å². The first-order valence-electron chi connectivity index (χ1n) is 9.21. The monoisotopic (exact) mass is 568 g/mol. The van der Waals surface area contributed by atoms with E-state index < -0.39 is 58.2 Å². The molecule has 20 heteroatoms. The van der Waals surface area contributed by atoms with E-state index in [4.69, 9.17) is 23.8 Å². The van der Waals surface area contributed by atoms with Gasteiger partial charge in [0.1, 0.15) is 11.7 Å². The van der Waals surface area contributed by atoms with Gasteiger partial charge < -0.3 is 38.7 Å². The maximum absolute atomic E-state index is 12.1. The molecule has 0 saturated carbocycles. The van der Waals surface area contributed by atoms with Crippen molar-refractivity contribution in [2.75, 3.05) is 6.61 Å². The molecule has 2 heterocycles. The van der Waals surface area contributed by atoms with Crippen LogP contribution in [0.25, 0.3) is 0 Å². The Morgan fingerprint density at radius 2 is 1.94 bits per heavy atom. The molecule has 5 atom stereocenters. The number of nitrogens with one attached hydrogen (secondary N) is 1. The van der Waals surface area contributed by atoms with Gasteiger partial charge in [-0.1, -0.05) is 0 Å². The zero-order chi connectivity index (χ0) is 25.9. The zero-order valence-electron chi connectivity index (χ0n) is 17.6. The molecule has 0 aliphatic carbocycles. The Bertz CT molecular complexity index is 1160. The Labute approximate surface area is 196 Å². The number of hydrogen-bond donors (Lipinski definition) is 6. The molecule has 0 spiro atoms. The van der Waals surface area contributed by atoms with Crippen LogP contribution in [0.2, 0.25) is 0 Å². The van der Waals surface area contributed by atoms with Crippen molar-refractivity contribution >= 4 is 34.2 Å². The van der Waals surface area contributed by atoms with E-state index in [0.717, 1.165) is 16.8 Å². The van der Waals surface area contributed by atoms with Gasteiger partial charge in [-0.15, -0.1) is 0 Å². The van der Waals surface area contributed by atoms with Crippen molar-refractivity contribution in [2.45, 2.75) is 44.3 Å². The average Bonchev–Trinajstić information content (AvgIpc) is 2.93. The molecule has 2 rings (SSSR count). The van der Waals surface area contributed by atoms with Crippen molar-refractivity contribution in [2.24, 2.45) is 0 Å². The number of H-pyrrole nitrogens is 1. The molecule has 16 nitrogen and oxygen atoms in total. The maximum Gasteiger partial charge on any atom is 0.488 e. The number of rotatable bonds is 11. The summed E-state index contributed by atoms with van der Waals surface area (Å²) in [6.07, 6.45) is 0.316. The highest BCUT2D eigenvalue weighted by atomic mass is 32.5. The fourth-order valence-corrected chi connectivity index (χ4v) is 6.75. The molecule has 6 N–H and O–H groups in total. The fraction of sp³-hybridized carbons (Fsp3) is 0.571. The summed E-state index contributed by atoms with van der Waals surface area (Å²) in [4.78, 5) is 62.2. The Kier molecular flexibility index (Phi) is 9.39. The van der Waals surface area contributed by atoms with Crippen LogP contribution in [-0.4, -0.2) is 58.6 Å². The predicted octanol–water partition coefficient (Wildman–Crippen LogP) is -0.0464. The highest BCUT2D eigenvalue weighted by Crippen LogP contribution is 2.66. The second-order valence-electron chi connectivity index (χ2n) is 7.21. The summed E-state index contributed by atoms with van der Waals surface area (Å²) < 4.78 is 47.2. The van der Waals surface area contributed by atoms with Gasteiger partial charge in [-0.25, -0.2) is 18.2 Å². The quantitative estimate of drug-likeness (QED) is 0.152. The minimum Gasteiger partial charge on any atom is -0.499 e. The number of aliphatic hydroxyl groups excluding tert-OH is 1. The number of hydrogen-bond acceptors (Lipinski definition) is 11. The van der Waals surface area contributed by atoms with Crippen LogP contribution in [-0.2, 0) is 43.6 Å². The summed E-state index contributed by atoms with van der Waals surface area (Å²) in [7, 11) is -11.0. The topological polar surface area (TPSA) is 236 Å². The molecule has 1 fully saturated rings. The first-order chi connectivity index (χ1) is 15.4. The van der Waals surface area contributed by atoms with Crippen LogP contribution in [0.3, 0.4) is 0 Å². The number of aromatic amines is 1. The van der Waals surface area contributed by atoms with Crippen LogP contribution < -0.4 is 11.2 Å². The smallest absolute Gasteiger partial charge is 0.488 e.